The molecule has 0 unspecified atom stereocenters. The third-order valence-corrected chi connectivity index (χ3v) is 6.16. The van der Waals surface area contributed by atoms with Gasteiger partial charge in [-0.1, -0.05) is 37.6 Å². The highest BCUT2D eigenvalue weighted by molar-refractivity contribution is 6.31. The van der Waals surface area contributed by atoms with Crippen LogP contribution in [-0.2, 0) is 6.54 Å². The molecule has 2 heterocycles. The molecule has 0 radical (unpaired) electrons. The number of rotatable bonds is 6. The van der Waals surface area contributed by atoms with Crippen molar-refractivity contribution in [3.8, 4) is 5.75 Å². The van der Waals surface area contributed by atoms with Crippen molar-refractivity contribution >= 4 is 40.2 Å². The third-order valence-electron chi connectivity index (χ3n) is 5.92. The van der Waals surface area contributed by atoms with Gasteiger partial charge in [-0.2, -0.15) is 0 Å². The Morgan fingerprint density at radius 2 is 1.94 bits per heavy atom. The van der Waals surface area contributed by atoms with E-state index in [2.05, 4.69) is 24.5 Å². The first kappa shape index (κ1) is 23.9. The molecule has 2 N–H and O–H groups in total. The van der Waals surface area contributed by atoms with Gasteiger partial charge in [0.25, 0.3) is 5.56 Å². The fourth-order valence-corrected chi connectivity index (χ4v) is 4.46. The molecule has 0 spiro atoms. The predicted octanol–water partition coefficient (Wildman–Crippen LogP) is 4.51. The summed E-state index contributed by atoms with van der Waals surface area (Å²) in [6.07, 6.45) is 1.41. The van der Waals surface area contributed by atoms with Crippen molar-refractivity contribution in [3.05, 3.63) is 57.8 Å². The largest absolute Gasteiger partial charge is 0.495 e. The van der Waals surface area contributed by atoms with E-state index in [1.807, 2.05) is 33.7 Å². The van der Waals surface area contributed by atoms with Gasteiger partial charge in [0, 0.05) is 30.7 Å². The highest BCUT2D eigenvalue weighted by atomic mass is 35.5. The summed E-state index contributed by atoms with van der Waals surface area (Å²) in [7, 11) is 1.54. The molecule has 1 saturated heterocycles. The van der Waals surface area contributed by atoms with Gasteiger partial charge >= 0.3 is 6.03 Å². The van der Waals surface area contributed by atoms with Crippen molar-refractivity contribution in [2.24, 2.45) is 5.92 Å². The fraction of sp³-hybridized carbons (Fsp3) is 0.400. The van der Waals surface area contributed by atoms with Crippen LogP contribution in [0.1, 0.15) is 26.7 Å². The molecule has 0 saturated carbocycles. The van der Waals surface area contributed by atoms with E-state index in [0.717, 1.165) is 11.0 Å². The highest BCUT2D eigenvalue weighted by Crippen LogP contribution is 2.27. The molecule has 2 amide bonds. The minimum absolute atomic E-state index is 0.0141. The molecule has 0 aliphatic carbocycles. The number of nitrogens with one attached hydrogen (secondary N) is 2. The number of ether oxygens (including phenoxy) is 1. The van der Waals surface area contributed by atoms with Crippen molar-refractivity contribution in [1.29, 1.82) is 0 Å². The van der Waals surface area contributed by atoms with Crippen LogP contribution in [0.25, 0.3) is 11.0 Å². The smallest absolute Gasteiger partial charge is 0.319 e. The number of carbonyl (C=O) groups is 1. The van der Waals surface area contributed by atoms with Crippen molar-refractivity contribution < 1.29 is 9.53 Å². The van der Waals surface area contributed by atoms with E-state index in [9.17, 15) is 9.59 Å². The van der Waals surface area contributed by atoms with Crippen LogP contribution in [0.4, 0.5) is 16.3 Å². The summed E-state index contributed by atoms with van der Waals surface area (Å²) < 4.78 is 7.12. The SMILES string of the molecule is COc1ccc(Cl)cc1NC(=O)NC1CCN(c2nc3ccccc3n(CC(C)C)c2=O)CC1. The molecule has 1 fully saturated rings. The van der Waals surface area contributed by atoms with Crippen molar-refractivity contribution in [2.45, 2.75) is 39.3 Å². The molecule has 9 heteroatoms. The van der Waals surface area contributed by atoms with Gasteiger partial charge < -0.3 is 24.8 Å². The Bertz CT molecular complexity index is 1230. The Balaban J connectivity index is 1.44. The van der Waals surface area contributed by atoms with Crippen LogP contribution in [-0.4, -0.2) is 41.8 Å². The van der Waals surface area contributed by atoms with Gasteiger partial charge in [0.2, 0.25) is 0 Å². The summed E-state index contributed by atoms with van der Waals surface area (Å²) in [6, 6.07) is 12.5. The average molecular weight is 484 g/mol. The Hall–Kier alpha value is -3.26. The molecule has 2 aromatic carbocycles. The summed E-state index contributed by atoms with van der Waals surface area (Å²) in [5, 5.41) is 6.33. The minimum Gasteiger partial charge on any atom is -0.495 e. The molecule has 0 bridgehead atoms. The lowest BCUT2D eigenvalue weighted by molar-refractivity contribution is 0.246. The van der Waals surface area contributed by atoms with E-state index in [4.69, 9.17) is 21.3 Å². The molecule has 8 nitrogen and oxygen atoms in total. The van der Waals surface area contributed by atoms with Crippen LogP contribution < -0.4 is 25.8 Å². The first-order valence-corrected chi connectivity index (χ1v) is 11.9. The van der Waals surface area contributed by atoms with E-state index in [0.29, 0.717) is 60.7 Å². The monoisotopic (exact) mass is 483 g/mol. The van der Waals surface area contributed by atoms with Crippen LogP contribution in [0.5, 0.6) is 5.75 Å². The fourth-order valence-electron chi connectivity index (χ4n) is 4.29. The molecule has 0 atom stereocenters. The molecular weight excluding hydrogens is 454 g/mol. The zero-order chi connectivity index (χ0) is 24.2. The number of para-hydroxylation sites is 2. The number of hydrogen-bond donors (Lipinski definition) is 2. The first-order valence-electron chi connectivity index (χ1n) is 11.5. The van der Waals surface area contributed by atoms with Crippen LogP contribution in [0, 0.1) is 5.92 Å². The predicted molar refractivity (Wildman–Crippen MR) is 136 cm³/mol. The molecule has 1 aliphatic heterocycles. The summed E-state index contributed by atoms with van der Waals surface area (Å²) >= 11 is 6.05. The number of halogens is 1. The van der Waals surface area contributed by atoms with Crippen molar-refractivity contribution in [2.75, 3.05) is 30.4 Å². The lowest BCUT2D eigenvalue weighted by atomic mass is 10.1. The Labute approximate surface area is 203 Å². The molecule has 1 aromatic heterocycles. The van der Waals surface area contributed by atoms with Crippen LogP contribution in [0.2, 0.25) is 5.02 Å². The zero-order valence-corrected chi connectivity index (χ0v) is 20.4. The Morgan fingerprint density at radius 1 is 1.21 bits per heavy atom. The van der Waals surface area contributed by atoms with E-state index in [1.165, 1.54) is 7.11 Å². The lowest BCUT2D eigenvalue weighted by Crippen LogP contribution is -2.47. The Kier molecular flexibility index (Phi) is 7.26. The number of piperidine rings is 1. The van der Waals surface area contributed by atoms with Crippen molar-refractivity contribution in [3.63, 3.8) is 0 Å². The second-order valence-electron chi connectivity index (χ2n) is 8.94. The number of aromatic nitrogens is 2. The summed E-state index contributed by atoms with van der Waals surface area (Å²) in [6.45, 7) is 6.10. The van der Waals surface area contributed by atoms with Crippen LogP contribution in [0.3, 0.4) is 0 Å². The molecular formula is C25H30ClN5O3. The Morgan fingerprint density at radius 3 is 2.65 bits per heavy atom. The van der Waals surface area contributed by atoms with Gasteiger partial charge in [0.15, 0.2) is 5.82 Å². The lowest BCUT2D eigenvalue weighted by Gasteiger charge is -2.33. The number of fused-ring (bicyclic) bond motifs is 1. The van der Waals surface area contributed by atoms with Crippen LogP contribution >= 0.6 is 11.6 Å². The number of nitrogens with zero attached hydrogens (tertiary/aromatic N) is 3. The highest BCUT2D eigenvalue weighted by Gasteiger charge is 2.25. The number of urea groups is 1. The molecule has 4 rings (SSSR count). The molecule has 34 heavy (non-hydrogen) atoms. The van der Waals surface area contributed by atoms with Gasteiger partial charge in [-0.15, -0.1) is 0 Å². The second-order valence-corrected chi connectivity index (χ2v) is 9.37. The van der Waals surface area contributed by atoms with E-state index >= 15 is 0 Å². The summed E-state index contributed by atoms with van der Waals surface area (Å²) in [5.41, 5.74) is 2.11. The maximum Gasteiger partial charge on any atom is 0.319 e. The minimum atomic E-state index is -0.317. The van der Waals surface area contributed by atoms with E-state index in [1.54, 1.807) is 18.2 Å². The zero-order valence-electron chi connectivity index (χ0n) is 19.7. The maximum atomic E-state index is 13.3. The molecule has 180 valence electrons. The van der Waals surface area contributed by atoms with Gasteiger partial charge in [-0.05, 0) is 49.1 Å². The normalized spacial score (nSPS) is 14.4. The maximum absolute atomic E-state index is 13.3. The number of hydrogen-bond acceptors (Lipinski definition) is 5. The van der Waals surface area contributed by atoms with Crippen LogP contribution in [0.15, 0.2) is 47.3 Å². The number of methoxy groups -OCH3 is 1. The first-order chi connectivity index (χ1) is 16.4. The number of benzene rings is 2. The second kappa shape index (κ2) is 10.3. The molecule has 1 aliphatic rings. The average Bonchev–Trinajstić information content (AvgIpc) is 2.81. The number of anilines is 2. The van der Waals surface area contributed by atoms with E-state index in [-0.39, 0.29) is 17.6 Å². The van der Waals surface area contributed by atoms with Gasteiger partial charge in [0.1, 0.15) is 5.75 Å². The number of amides is 2. The molecule has 3 aromatic rings. The van der Waals surface area contributed by atoms with Gasteiger partial charge in [-0.3, -0.25) is 4.79 Å². The quantitative estimate of drug-likeness (QED) is 0.538. The van der Waals surface area contributed by atoms with E-state index < -0.39 is 0 Å². The topological polar surface area (TPSA) is 88.5 Å². The standard InChI is InChI=1S/C25H30ClN5O3/c1-16(2)15-31-21-7-5-4-6-19(21)28-23(24(31)32)30-12-10-18(11-13-30)27-25(33)29-20-14-17(26)8-9-22(20)34-3/h4-9,14,16,18H,10-13,15H2,1-3H3,(H2,27,29,33). The van der Waals surface area contributed by atoms with Crippen molar-refractivity contribution in [1.82, 2.24) is 14.9 Å². The van der Waals surface area contributed by atoms with Gasteiger partial charge in [0.05, 0.1) is 23.8 Å². The number of carbonyl (C=O) groups excluding carboxylic acids is 1. The summed E-state index contributed by atoms with van der Waals surface area (Å²) in [4.78, 5) is 32.6. The third kappa shape index (κ3) is 5.28. The summed E-state index contributed by atoms with van der Waals surface area (Å²) in [5.74, 6) is 1.35. The van der Waals surface area contributed by atoms with Gasteiger partial charge in [-0.25, -0.2) is 9.78 Å².